The third-order valence-electron chi connectivity index (χ3n) is 2.50. The van der Waals surface area contributed by atoms with Crippen LogP contribution in [0.5, 0.6) is 0 Å². The van der Waals surface area contributed by atoms with Crippen molar-refractivity contribution < 1.29 is 8.42 Å². The van der Waals surface area contributed by atoms with E-state index in [1.165, 1.54) is 18.6 Å². The van der Waals surface area contributed by atoms with E-state index in [1.54, 1.807) is 24.3 Å². The summed E-state index contributed by atoms with van der Waals surface area (Å²) in [4.78, 5) is 17.7. The molecule has 0 aliphatic rings. The van der Waals surface area contributed by atoms with Gasteiger partial charge in [0, 0.05) is 18.9 Å². The Hall–Kier alpha value is -2.15. The Labute approximate surface area is 110 Å². The van der Waals surface area contributed by atoms with E-state index in [4.69, 9.17) is 0 Å². The van der Waals surface area contributed by atoms with Crippen LogP contribution in [-0.4, -0.2) is 24.6 Å². The number of nitrogens with one attached hydrogen (secondary N) is 2. The number of benzene rings is 1. The molecule has 0 amide bonds. The van der Waals surface area contributed by atoms with Gasteiger partial charge in [0.2, 0.25) is 0 Å². The topological polar surface area (TPSA) is 91.9 Å². The van der Waals surface area contributed by atoms with Crippen LogP contribution in [-0.2, 0) is 16.4 Å². The van der Waals surface area contributed by atoms with Crippen LogP contribution < -0.4 is 10.9 Å². The Bertz CT molecular complexity index is 720. The fourth-order valence-corrected chi connectivity index (χ4v) is 2.14. The molecule has 0 radical (unpaired) electrons. The van der Waals surface area contributed by atoms with Gasteiger partial charge in [-0.15, -0.1) is 0 Å². The summed E-state index contributed by atoms with van der Waals surface area (Å²) in [6, 6.07) is 7.90. The molecule has 0 aliphatic heterocycles. The summed E-state index contributed by atoms with van der Waals surface area (Å²) in [5.41, 5.74) is 0.666. The SMILES string of the molecule is CS(=O)(=O)c1ccc(CNc2cc(=O)[nH]cn2)cc1. The molecule has 0 saturated carbocycles. The Morgan fingerprint density at radius 2 is 1.95 bits per heavy atom. The molecule has 2 aromatic rings. The zero-order valence-electron chi connectivity index (χ0n) is 10.3. The Kier molecular flexibility index (Phi) is 3.66. The minimum absolute atomic E-state index is 0.232. The number of H-pyrrole nitrogens is 1. The van der Waals surface area contributed by atoms with E-state index < -0.39 is 9.84 Å². The van der Waals surface area contributed by atoms with Crippen LogP contribution in [0.4, 0.5) is 5.82 Å². The van der Waals surface area contributed by atoms with Crippen molar-refractivity contribution in [1.82, 2.24) is 9.97 Å². The monoisotopic (exact) mass is 279 g/mol. The summed E-state index contributed by atoms with van der Waals surface area (Å²) in [5.74, 6) is 0.468. The van der Waals surface area contributed by atoms with Crippen LogP contribution in [0, 0.1) is 0 Å². The second kappa shape index (κ2) is 5.23. The summed E-state index contributed by atoms with van der Waals surface area (Å²) in [7, 11) is -3.17. The van der Waals surface area contributed by atoms with Crippen molar-refractivity contribution in [3.8, 4) is 0 Å². The summed E-state index contributed by atoms with van der Waals surface area (Å²) in [6.07, 6.45) is 2.48. The molecular weight excluding hydrogens is 266 g/mol. The molecule has 0 fully saturated rings. The minimum atomic E-state index is -3.17. The first-order chi connectivity index (χ1) is 8.95. The largest absolute Gasteiger partial charge is 0.366 e. The number of hydrogen-bond acceptors (Lipinski definition) is 5. The first-order valence-electron chi connectivity index (χ1n) is 5.53. The van der Waals surface area contributed by atoms with Crippen molar-refractivity contribution in [2.24, 2.45) is 0 Å². The molecule has 0 atom stereocenters. The molecule has 6 nitrogen and oxygen atoms in total. The molecule has 0 saturated heterocycles. The normalized spacial score (nSPS) is 11.2. The smallest absolute Gasteiger partial charge is 0.252 e. The number of sulfone groups is 1. The molecule has 2 N–H and O–H groups in total. The minimum Gasteiger partial charge on any atom is -0.366 e. The molecule has 100 valence electrons. The van der Waals surface area contributed by atoms with Crippen molar-refractivity contribution in [2.45, 2.75) is 11.4 Å². The molecule has 2 rings (SSSR count). The van der Waals surface area contributed by atoms with E-state index in [0.717, 1.165) is 5.56 Å². The second-order valence-electron chi connectivity index (χ2n) is 4.07. The fourth-order valence-electron chi connectivity index (χ4n) is 1.51. The Morgan fingerprint density at radius 3 is 2.53 bits per heavy atom. The zero-order chi connectivity index (χ0) is 13.9. The maximum Gasteiger partial charge on any atom is 0.252 e. The molecule has 1 aromatic carbocycles. The number of aromatic nitrogens is 2. The van der Waals surface area contributed by atoms with E-state index in [2.05, 4.69) is 15.3 Å². The number of aromatic amines is 1. The van der Waals surface area contributed by atoms with Crippen molar-refractivity contribution >= 4 is 15.7 Å². The average Bonchev–Trinajstić information content (AvgIpc) is 2.36. The van der Waals surface area contributed by atoms with Gasteiger partial charge in [-0.05, 0) is 17.7 Å². The van der Waals surface area contributed by atoms with Gasteiger partial charge in [-0.1, -0.05) is 12.1 Å². The first kappa shape index (κ1) is 13.3. The van der Waals surface area contributed by atoms with Crippen molar-refractivity contribution in [3.05, 3.63) is 52.6 Å². The molecular formula is C12H13N3O3S. The molecule has 1 heterocycles. The molecule has 1 aromatic heterocycles. The zero-order valence-corrected chi connectivity index (χ0v) is 11.1. The standard InChI is InChI=1S/C12H13N3O3S/c1-19(17,18)10-4-2-9(3-5-10)7-13-11-6-12(16)15-8-14-11/h2-6,8H,7H2,1H3,(H2,13,14,15,16). The summed E-state index contributed by atoms with van der Waals surface area (Å²) < 4.78 is 22.6. The van der Waals surface area contributed by atoms with Gasteiger partial charge < -0.3 is 10.3 Å². The quantitative estimate of drug-likeness (QED) is 0.863. The first-order valence-corrected chi connectivity index (χ1v) is 7.42. The summed E-state index contributed by atoms with van der Waals surface area (Å²) in [5, 5.41) is 2.98. The maximum atomic E-state index is 11.3. The lowest BCUT2D eigenvalue weighted by Gasteiger charge is -2.05. The third kappa shape index (κ3) is 3.65. The van der Waals surface area contributed by atoms with Crippen molar-refractivity contribution in [1.29, 1.82) is 0 Å². The predicted molar refractivity (Wildman–Crippen MR) is 71.7 cm³/mol. The molecule has 0 aliphatic carbocycles. The van der Waals surface area contributed by atoms with Crippen LogP contribution in [0.15, 0.2) is 46.3 Å². The highest BCUT2D eigenvalue weighted by Crippen LogP contribution is 2.11. The van der Waals surface area contributed by atoms with E-state index in [9.17, 15) is 13.2 Å². The maximum absolute atomic E-state index is 11.3. The Balaban J connectivity index is 2.07. The lowest BCUT2D eigenvalue weighted by Crippen LogP contribution is -2.09. The number of nitrogens with zero attached hydrogens (tertiary/aromatic N) is 1. The van der Waals surface area contributed by atoms with E-state index in [0.29, 0.717) is 12.4 Å². The van der Waals surface area contributed by atoms with Crippen LogP contribution in [0.1, 0.15) is 5.56 Å². The number of anilines is 1. The van der Waals surface area contributed by atoms with Gasteiger partial charge in [-0.2, -0.15) is 0 Å². The van der Waals surface area contributed by atoms with Gasteiger partial charge in [0.15, 0.2) is 9.84 Å². The van der Waals surface area contributed by atoms with Crippen LogP contribution in [0.3, 0.4) is 0 Å². The second-order valence-corrected chi connectivity index (χ2v) is 6.08. The molecule has 0 bridgehead atoms. The fraction of sp³-hybridized carbons (Fsp3) is 0.167. The Morgan fingerprint density at radius 1 is 1.26 bits per heavy atom. The molecule has 0 spiro atoms. The van der Waals surface area contributed by atoms with Gasteiger partial charge in [-0.25, -0.2) is 13.4 Å². The van der Waals surface area contributed by atoms with Gasteiger partial charge >= 0.3 is 0 Å². The van der Waals surface area contributed by atoms with E-state index in [-0.39, 0.29) is 10.5 Å². The van der Waals surface area contributed by atoms with Gasteiger partial charge in [0.25, 0.3) is 5.56 Å². The van der Waals surface area contributed by atoms with Gasteiger partial charge in [0.1, 0.15) is 5.82 Å². The van der Waals surface area contributed by atoms with Crippen molar-refractivity contribution in [2.75, 3.05) is 11.6 Å². The summed E-state index contributed by atoms with van der Waals surface area (Å²) >= 11 is 0. The predicted octanol–water partition coefficient (Wildman–Crippen LogP) is 0.786. The molecule has 7 heteroatoms. The van der Waals surface area contributed by atoms with Crippen molar-refractivity contribution in [3.63, 3.8) is 0 Å². The highest BCUT2D eigenvalue weighted by molar-refractivity contribution is 7.90. The summed E-state index contributed by atoms with van der Waals surface area (Å²) in [6.45, 7) is 0.459. The van der Waals surface area contributed by atoms with Crippen LogP contribution >= 0.6 is 0 Å². The average molecular weight is 279 g/mol. The lowest BCUT2D eigenvalue weighted by atomic mass is 10.2. The number of hydrogen-bond donors (Lipinski definition) is 2. The lowest BCUT2D eigenvalue weighted by molar-refractivity contribution is 0.602. The highest BCUT2D eigenvalue weighted by atomic mass is 32.2. The van der Waals surface area contributed by atoms with Gasteiger partial charge in [0.05, 0.1) is 11.2 Å². The molecule has 0 unspecified atom stereocenters. The molecule has 19 heavy (non-hydrogen) atoms. The van der Waals surface area contributed by atoms with Crippen LogP contribution in [0.2, 0.25) is 0 Å². The third-order valence-corrected chi connectivity index (χ3v) is 3.63. The van der Waals surface area contributed by atoms with E-state index >= 15 is 0 Å². The van der Waals surface area contributed by atoms with Crippen LogP contribution in [0.25, 0.3) is 0 Å². The number of rotatable bonds is 4. The van der Waals surface area contributed by atoms with E-state index in [1.807, 2.05) is 0 Å². The van der Waals surface area contributed by atoms with Gasteiger partial charge in [-0.3, -0.25) is 4.79 Å². The highest BCUT2D eigenvalue weighted by Gasteiger charge is 2.05.